The molecule has 1 rings (SSSR count). The second-order valence-electron chi connectivity index (χ2n) is 3.10. The van der Waals surface area contributed by atoms with Gasteiger partial charge < -0.3 is 9.57 Å². The Morgan fingerprint density at radius 3 is 2.94 bits per heavy atom. The summed E-state index contributed by atoms with van der Waals surface area (Å²) in [7, 11) is 0. The third-order valence-electron chi connectivity index (χ3n) is 1.87. The summed E-state index contributed by atoms with van der Waals surface area (Å²) in [5, 5.41) is 0. The lowest BCUT2D eigenvalue weighted by atomic mass is 10.2. The molecule has 0 aliphatic carbocycles. The number of ether oxygens (including phenoxy) is 1. The van der Waals surface area contributed by atoms with E-state index in [1.807, 2.05) is 30.7 Å². The molecule has 0 atom stereocenters. The fraction of sp³-hybridized carbons (Fsp3) is 0.300. The molecule has 0 unspecified atom stereocenters. The third-order valence-corrected chi connectivity index (χ3v) is 2.37. The van der Waals surface area contributed by atoms with Crippen LogP contribution in [0, 0.1) is 6.92 Å². The van der Waals surface area contributed by atoms with Gasteiger partial charge in [-0.1, -0.05) is 21.5 Å². The molecule has 1 aromatic carbocycles. The summed E-state index contributed by atoms with van der Waals surface area (Å²) in [5.74, 6) is 5.10. The van der Waals surface area contributed by atoms with Crippen molar-refractivity contribution in [3.05, 3.63) is 28.2 Å². The Balaban J connectivity index is 2.40. The van der Waals surface area contributed by atoms with Gasteiger partial charge in [-0.3, -0.25) is 4.79 Å². The van der Waals surface area contributed by atoms with Gasteiger partial charge in [0, 0.05) is 4.47 Å². The SMILES string of the molecule is Cc1cc(Br)ccc1OCCC(=O)ONN. The second-order valence-corrected chi connectivity index (χ2v) is 4.02. The summed E-state index contributed by atoms with van der Waals surface area (Å²) in [6, 6.07) is 5.66. The minimum atomic E-state index is -0.461. The molecule has 1 aromatic rings. The predicted octanol–water partition coefficient (Wildman–Crippen LogP) is 1.45. The molecule has 0 bridgehead atoms. The van der Waals surface area contributed by atoms with E-state index in [0.29, 0.717) is 0 Å². The maximum absolute atomic E-state index is 10.9. The van der Waals surface area contributed by atoms with Crippen molar-refractivity contribution in [2.45, 2.75) is 13.3 Å². The van der Waals surface area contributed by atoms with Crippen LogP contribution in [0.3, 0.4) is 0 Å². The van der Waals surface area contributed by atoms with Crippen LogP contribution in [0.2, 0.25) is 0 Å². The average molecular weight is 289 g/mol. The van der Waals surface area contributed by atoms with E-state index in [1.54, 1.807) is 0 Å². The van der Waals surface area contributed by atoms with Gasteiger partial charge in [-0.05, 0) is 30.7 Å². The van der Waals surface area contributed by atoms with E-state index in [1.165, 1.54) is 0 Å². The number of hydrazine groups is 1. The fourth-order valence-corrected chi connectivity index (χ4v) is 1.61. The summed E-state index contributed by atoms with van der Waals surface area (Å²) in [5.41, 5.74) is 2.82. The third kappa shape index (κ3) is 4.18. The van der Waals surface area contributed by atoms with Crippen LogP contribution in [-0.2, 0) is 9.63 Å². The van der Waals surface area contributed by atoms with Crippen molar-refractivity contribution in [3.63, 3.8) is 0 Å². The molecular weight excluding hydrogens is 276 g/mol. The number of aryl methyl sites for hydroxylation is 1. The smallest absolute Gasteiger partial charge is 0.329 e. The molecule has 3 N–H and O–H groups in total. The van der Waals surface area contributed by atoms with Gasteiger partial charge >= 0.3 is 5.97 Å². The monoisotopic (exact) mass is 288 g/mol. The molecule has 0 saturated heterocycles. The Morgan fingerprint density at radius 2 is 2.31 bits per heavy atom. The first kappa shape index (κ1) is 13.0. The first-order valence-corrected chi connectivity index (χ1v) is 5.47. The van der Waals surface area contributed by atoms with Gasteiger partial charge in [-0.2, -0.15) is 0 Å². The number of hydrogen-bond acceptors (Lipinski definition) is 5. The number of carbonyl (C=O) groups excluding carboxylic acids is 1. The quantitative estimate of drug-likeness (QED) is 0.634. The van der Waals surface area contributed by atoms with Crippen molar-refractivity contribution in [2.24, 2.45) is 5.84 Å². The average Bonchev–Trinajstić information content (AvgIpc) is 2.22. The molecule has 0 amide bonds. The highest BCUT2D eigenvalue weighted by Gasteiger charge is 2.04. The maximum atomic E-state index is 10.9. The zero-order valence-electron chi connectivity index (χ0n) is 8.83. The normalized spacial score (nSPS) is 9.94. The topological polar surface area (TPSA) is 73.6 Å². The number of nitrogens with one attached hydrogen (secondary N) is 1. The van der Waals surface area contributed by atoms with E-state index in [9.17, 15) is 4.79 Å². The van der Waals surface area contributed by atoms with Crippen LogP contribution in [0.4, 0.5) is 0 Å². The highest BCUT2D eigenvalue weighted by molar-refractivity contribution is 9.10. The Morgan fingerprint density at radius 1 is 1.56 bits per heavy atom. The Labute approximate surface area is 102 Å². The molecule has 0 fully saturated rings. The Hall–Kier alpha value is -1.11. The van der Waals surface area contributed by atoms with Gasteiger partial charge in [0.1, 0.15) is 5.75 Å². The largest absolute Gasteiger partial charge is 0.493 e. The molecule has 0 spiro atoms. The molecule has 16 heavy (non-hydrogen) atoms. The first-order chi connectivity index (χ1) is 7.63. The van der Waals surface area contributed by atoms with E-state index in [-0.39, 0.29) is 13.0 Å². The molecule has 0 saturated carbocycles. The van der Waals surface area contributed by atoms with Crippen LogP contribution in [0.15, 0.2) is 22.7 Å². The molecule has 5 nitrogen and oxygen atoms in total. The van der Waals surface area contributed by atoms with Crippen LogP contribution in [0.5, 0.6) is 5.75 Å². The van der Waals surface area contributed by atoms with E-state index in [2.05, 4.69) is 20.8 Å². The summed E-state index contributed by atoms with van der Waals surface area (Å²) in [4.78, 5) is 15.3. The lowest BCUT2D eigenvalue weighted by molar-refractivity contribution is -0.151. The van der Waals surface area contributed by atoms with Gasteiger partial charge in [0.15, 0.2) is 0 Å². The molecule has 0 aliphatic rings. The van der Waals surface area contributed by atoms with Crippen LogP contribution in [-0.4, -0.2) is 12.6 Å². The van der Waals surface area contributed by atoms with Crippen LogP contribution < -0.4 is 16.2 Å². The zero-order valence-corrected chi connectivity index (χ0v) is 10.4. The molecular formula is C10H13BrN2O3. The van der Waals surface area contributed by atoms with Crippen molar-refractivity contribution in [1.82, 2.24) is 5.59 Å². The van der Waals surface area contributed by atoms with E-state index >= 15 is 0 Å². The van der Waals surface area contributed by atoms with E-state index in [0.717, 1.165) is 15.8 Å². The van der Waals surface area contributed by atoms with Gasteiger partial charge in [0.2, 0.25) is 0 Å². The van der Waals surface area contributed by atoms with Crippen LogP contribution >= 0.6 is 15.9 Å². The summed E-state index contributed by atoms with van der Waals surface area (Å²) < 4.78 is 6.41. The lowest BCUT2D eigenvalue weighted by Crippen LogP contribution is -2.26. The molecule has 0 aliphatic heterocycles. The van der Waals surface area contributed by atoms with Gasteiger partial charge in [0.05, 0.1) is 13.0 Å². The minimum absolute atomic E-state index is 0.139. The maximum Gasteiger partial charge on any atom is 0.329 e. The number of carbonyl (C=O) groups is 1. The number of hydrogen-bond donors (Lipinski definition) is 2. The molecule has 0 radical (unpaired) electrons. The van der Waals surface area contributed by atoms with Gasteiger partial charge in [-0.25, -0.2) is 5.84 Å². The Kier molecular flexibility index (Phi) is 5.24. The summed E-state index contributed by atoms with van der Waals surface area (Å²) in [6.07, 6.45) is 0.139. The predicted molar refractivity (Wildman–Crippen MR) is 62.4 cm³/mol. The van der Waals surface area contributed by atoms with Crippen LogP contribution in [0.1, 0.15) is 12.0 Å². The number of benzene rings is 1. The van der Waals surface area contributed by atoms with Crippen molar-refractivity contribution in [3.8, 4) is 5.75 Å². The van der Waals surface area contributed by atoms with E-state index in [4.69, 9.17) is 10.6 Å². The van der Waals surface area contributed by atoms with Crippen molar-refractivity contribution >= 4 is 21.9 Å². The van der Waals surface area contributed by atoms with Crippen molar-refractivity contribution < 1.29 is 14.4 Å². The molecule has 0 heterocycles. The number of rotatable bonds is 5. The molecule has 88 valence electrons. The molecule has 6 heteroatoms. The fourth-order valence-electron chi connectivity index (χ4n) is 1.14. The van der Waals surface area contributed by atoms with Gasteiger partial charge in [-0.15, -0.1) is 0 Å². The second kappa shape index (κ2) is 6.47. The zero-order chi connectivity index (χ0) is 12.0. The molecule has 0 aromatic heterocycles. The van der Waals surface area contributed by atoms with Crippen molar-refractivity contribution in [1.29, 1.82) is 0 Å². The van der Waals surface area contributed by atoms with Crippen molar-refractivity contribution in [2.75, 3.05) is 6.61 Å². The number of halogens is 1. The minimum Gasteiger partial charge on any atom is -0.493 e. The highest BCUT2D eigenvalue weighted by atomic mass is 79.9. The standard InChI is InChI=1S/C10H13BrN2O3/c1-7-6-8(11)2-3-9(7)15-5-4-10(14)16-13-12/h2-3,6,13H,4-5,12H2,1H3. The lowest BCUT2D eigenvalue weighted by Gasteiger charge is -2.08. The van der Waals surface area contributed by atoms with E-state index < -0.39 is 5.97 Å². The Bertz CT molecular complexity index is 371. The van der Waals surface area contributed by atoms with Gasteiger partial charge in [0.25, 0.3) is 0 Å². The highest BCUT2D eigenvalue weighted by Crippen LogP contribution is 2.22. The first-order valence-electron chi connectivity index (χ1n) is 4.67. The number of nitrogens with two attached hydrogens (primary N) is 1. The van der Waals surface area contributed by atoms with Crippen LogP contribution in [0.25, 0.3) is 0 Å². The summed E-state index contributed by atoms with van der Waals surface area (Å²) in [6.45, 7) is 2.18. The summed E-state index contributed by atoms with van der Waals surface area (Å²) >= 11 is 3.36.